The van der Waals surface area contributed by atoms with Gasteiger partial charge in [-0.3, -0.25) is 9.59 Å². The van der Waals surface area contributed by atoms with Crippen molar-refractivity contribution in [3.63, 3.8) is 0 Å². The monoisotopic (exact) mass is 1300 g/mol. The van der Waals surface area contributed by atoms with E-state index in [1.54, 1.807) is 0 Å². The molecule has 0 aromatic carbocycles. The summed E-state index contributed by atoms with van der Waals surface area (Å²) in [6, 6.07) is 0. The lowest BCUT2D eigenvalue weighted by Crippen LogP contribution is -2.44. The molecule has 93 heavy (non-hydrogen) atoms. The number of unbranched alkanes of at least 4 members (excludes halogenated alkanes) is 36. The maximum atomic E-state index is 13.0. The van der Waals surface area contributed by atoms with Gasteiger partial charge in [-0.25, -0.2) is 0 Å². The Morgan fingerprint density at radius 1 is 0.333 bits per heavy atom. The number of carbonyl (C=O) groups excluding carboxylic acids is 3. The molecule has 0 bridgehead atoms. The minimum atomic E-state index is -1.63. The first-order chi connectivity index (χ1) is 45.6. The number of carboxylic acid groups (broad SMARTS) is 1. The van der Waals surface area contributed by atoms with Crippen molar-refractivity contribution in [3.8, 4) is 0 Å². The normalized spacial score (nSPS) is 13.3. The summed E-state index contributed by atoms with van der Waals surface area (Å²) in [6.45, 7) is 4.64. The highest BCUT2D eigenvalue weighted by Crippen LogP contribution is 2.18. The Hall–Kier alpha value is -4.31. The number of esters is 2. The molecule has 0 saturated heterocycles. The van der Waals surface area contributed by atoms with Crippen molar-refractivity contribution in [2.45, 2.75) is 347 Å². The first kappa shape index (κ1) is 88.7. The van der Waals surface area contributed by atoms with E-state index in [1.165, 1.54) is 199 Å². The van der Waals surface area contributed by atoms with E-state index < -0.39 is 24.3 Å². The Bertz CT molecular complexity index is 1950. The van der Waals surface area contributed by atoms with Crippen molar-refractivity contribution < 1.29 is 42.9 Å². The largest absolute Gasteiger partial charge is 0.545 e. The molecule has 2 unspecified atom stereocenters. The Morgan fingerprint density at radius 3 is 0.914 bits per heavy atom. The number of aliphatic carboxylic acids is 1. The van der Waals surface area contributed by atoms with Gasteiger partial charge in [0.05, 0.1) is 40.3 Å². The van der Waals surface area contributed by atoms with Crippen LogP contribution in [0.1, 0.15) is 335 Å². The van der Waals surface area contributed by atoms with Gasteiger partial charge in [0.15, 0.2) is 12.4 Å². The van der Waals surface area contributed by atoms with Gasteiger partial charge < -0.3 is 33.3 Å². The average molecular weight is 1300 g/mol. The number of rotatable bonds is 71. The van der Waals surface area contributed by atoms with Gasteiger partial charge in [0.2, 0.25) is 0 Å². The molecule has 0 amide bonds. The van der Waals surface area contributed by atoms with Crippen LogP contribution < -0.4 is 5.11 Å². The fourth-order valence-corrected chi connectivity index (χ4v) is 10.8. The number of ether oxygens (including phenoxy) is 4. The van der Waals surface area contributed by atoms with Gasteiger partial charge in [-0.05, 0) is 109 Å². The molecule has 0 aliphatic heterocycles. The number of likely N-dealkylation sites (N-methyl/N-ethyl adjacent to an activating group) is 1. The van der Waals surface area contributed by atoms with E-state index in [9.17, 15) is 19.5 Å². The van der Waals surface area contributed by atoms with E-state index >= 15 is 0 Å². The van der Waals surface area contributed by atoms with Gasteiger partial charge in [-0.15, -0.1) is 0 Å². The number of carbonyl (C=O) groups is 3. The predicted molar refractivity (Wildman–Crippen MR) is 398 cm³/mol. The zero-order chi connectivity index (χ0) is 67.5. The molecule has 0 rings (SSSR count). The lowest BCUT2D eigenvalue weighted by atomic mass is 10.0. The molecule has 2 atom stereocenters. The maximum Gasteiger partial charge on any atom is 0.306 e. The summed E-state index contributed by atoms with van der Waals surface area (Å²) in [5, 5.41) is 11.9. The van der Waals surface area contributed by atoms with Gasteiger partial charge in [-0.1, -0.05) is 334 Å². The van der Waals surface area contributed by atoms with Crippen LogP contribution in [0, 0.1) is 0 Å². The van der Waals surface area contributed by atoms with E-state index in [-0.39, 0.29) is 38.6 Å². The number of nitrogens with zero attached hydrogens (tertiary/aromatic N) is 1. The van der Waals surface area contributed by atoms with Crippen LogP contribution in [-0.4, -0.2) is 82.3 Å². The summed E-state index contributed by atoms with van der Waals surface area (Å²) in [5.74, 6) is -2.28. The second-order valence-electron chi connectivity index (χ2n) is 26.9. The standard InChI is InChI=1S/C84H145NO8/c1-6-8-10-12-14-16-18-20-22-24-26-28-30-32-34-36-38-39-40-41-42-43-45-46-48-50-52-54-56-58-60-62-64-66-68-70-72-74-81(86)91-78-80(79-92-84(83(88)89)90-77-76-85(3,4)5)93-82(87)75-73-71-69-67-65-63-61-59-57-55-53-51-49-47-44-37-35-33-31-29-27-25-23-21-19-17-15-13-11-9-7-2/h9,11,15,17-18,20-21,23-24,26-27,29-30,32-33,35,44,47,51,53,80,84H,6-8,10,12-14,16,19,22,25,28,31,34,36-43,45-46,48-50,52,54-79H2,1-5H3/b11-9-,17-15-,20-18-,23-21-,26-24-,29-27-,32-30-,35-33-,47-44-,53-51-. The Morgan fingerprint density at radius 2 is 0.613 bits per heavy atom. The van der Waals surface area contributed by atoms with E-state index in [4.69, 9.17) is 18.9 Å². The zero-order valence-corrected chi connectivity index (χ0v) is 61.1. The molecule has 0 N–H and O–H groups in total. The third kappa shape index (κ3) is 74.9. The summed E-state index contributed by atoms with van der Waals surface area (Å²) in [6.07, 6.45) is 102. The second-order valence-corrected chi connectivity index (χ2v) is 26.9. The molecule has 0 radical (unpaired) electrons. The number of quaternary nitrogens is 1. The Labute approximate surface area is 574 Å². The van der Waals surface area contributed by atoms with Crippen LogP contribution >= 0.6 is 0 Å². The molecule has 0 aliphatic carbocycles. The number of hydrogen-bond donors (Lipinski definition) is 0. The van der Waals surface area contributed by atoms with E-state index in [0.717, 1.165) is 103 Å². The van der Waals surface area contributed by atoms with E-state index in [0.29, 0.717) is 17.4 Å². The first-order valence-electron chi connectivity index (χ1n) is 38.7. The van der Waals surface area contributed by atoms with Gasteiger partial charge >= 0.3 is 11.9 Å². The third-order valence-electron chi connectivity index (χ3n) is 16.7. The summed E-state index contributed by atoms with van der Waals surface area (Å²) in [7, 11) is 5.93. The number of carboxylic acids is 1. The zero-order valence-electron chi connectivity index (χ0n) is 61.1. The van der Waals surface area contributed by atoms with Crippen LogP contribution in [-0.2, 0) is 33.3 Å². The van der Waals surface area contributed by atoms with Crippen LogP contribution in [0.4, 0.5) is 0 Å². The molecule has 9 heteroatoms. The topological polar surface area (TPSA) is 111 Å². The highest BCUT2D eigenvalue weighted by molar-refractivity contribution is 5.70. The van der Waals surface area contributed by atoms with Crippen molar-refractivity contribution in [1.29, 1.82) is 0 Å². The third-order valence-corrected chi connectivity index (χ3v) is 16.7. The van der Waals surface area contributed by atoms with Gasteiger partial charge in [0, 0.05) is 12.8 Å². The quantitative estimate of drug-likeness (QED) is 0.0195. The lowest BCUT2D eigenvalue weighted by Gasteiger charge is -2.26. The SMILES string of the molecule is CC/C=C\C/C=C\C/C=C\C/C=C\C/C=C\C/C=C\C/C=C\CCCCCCCCCCCC(=O)OC(COC(=O)CCCCCCCCCCCCCCCCCCCCCCCC/C=C\C/C=C\C/C=C\CCCCCCC)COC(OCC[N+](C)(C)C)C(=O)[O-]. The molecule has 534 valence electrons. The van der Waals surface area contributed by atoms with Crippen molar-refractivity contribution >= 4 is 17.9 Å². The summed E-state index contributed by atoms with van der Waals surface area (Å²) in [5.41, 5.74) is 0. The molecule has 0 spiro atoms. The molecule has 0 fully saturated rings. The van der Waals surface area contributed by atoms with E-state index in [1.807, 2.05) is 21.1 Å². The molecule has 9 nitrogen and oxygen atoms in total. The maximum absolute atomic E-state index is 13.0. The van der Waals surface area contributed by atoms with Gasteiger partial charge in [0.25, 0.3) is 0 Å². The number of hydrogen-bond acceptors (Lipinski definition) is 8. The minimum Gasteiger partial charge on any atom is -0.545 e. The Balaban J connectivity index is 4.06. The van der Waals surface area contributed by atoms with Crippen LogP contribution in [0.3, 0.4) is 0 Å². The van der Waals surface area contributed by atoms with Crippen LogP contribution in [0.5, 0.6) is 0 Å². The van der Waals surface area contributed by atoms with Gasteiger partial charge in [-0.2, -0.15) is 0 Å². The summed E-state index contributed by atoms with van der Waals surface area (Å²) < 4.78 is 22.8. The fourth-order valence-electron chi connectivity index (χ4n) is 10.8. The average Bonchev–Trinajstić information content (AvgIpc) is 3.38. The molecule has 0 aromatic heterocycles. The molecule has 0 heterocycles. The highest BCUT2D eigenvalue weighted by atomic mass is 16.7. The van der Waals surface area contributed by atoms with Crippen LogP contribution in [0.15, 0.2) is 122 Å². The van der Waals surface area contributed by atoms with Crippen molar-refractivity contribution in [2.24, 2.45) is 0 Å². The molecular formula is C84H145NO8. The lowest BCUT2D eigenvalue weighted by molar-refractivity contribution is -0.870. The predicted octanol–water partition coefficient (Wildman–Crippen LogP) is 23.4. The molecule has 0 saturated carbocycles. The van der Waals surface area contributed by atoms with Gasteiger partial charge in [0.1, 0.15) is 13.2 Å². The summed E-state index contributed by atoms with van der Waals surface area (Å²) >= 11 is 0. The van der Waals surface area contributed by atoms with Crippen molar-refractivity contribution in [1.82, 2.24) is 0 Å². The smallest absolute Gasteiger partial charge is 0.306 e. The minimum absolute atomic E-state index is 0.142. The van der Waals surface area contributed by atoms with Crippen molar-refractivity contribution in [2.75, 3.05) is 47.5 Å². The molecule has 0 aromatic rings. The van der Waals surface area contributed by atoms with Crippen LogP contribution in [0.25, 0.3) is 0 Å². The van der Waals surface area contributed by atoms with E-state index in [2.05, 4.69) is 135 Å². The van der Waals surface area contributed by atoms with Crippen LogP contribution in [0.2, 0.25) is 0 Å². The second kappa shape index (κ2) is 73.5. The van der Waals surface area contributed by atoms with Crippen molar-refractivity contribution in [3.05, 3.63) is 122 Å². The first-order valence-corrected chi connectivity index (χ1v) is 38.7. The Kier molecular flexibility index (Phi) is 70.1. The summed E-state index contributed by atoms with van der Waals surface area (Å²) in [4.78, 5) is 37.6. The highest BCUT2D eigenvalue weighted by Gasteiger charge is 2.22. The number of allylic oxidation sites excluding steroid dienone is 20. The fraction of sp³-hybridized carbons (Fsp3) is 0.726. The molecule has 0 aliphatic rings. The molecular weight excluding hydrogens is 1150 g/mol.